The molecule has 0 amide bonds. The summed E-state index contributed by atoms with van der Waals surface area (Å²) in [6.45, 7) is 1.79. The quantitative estimate of drug-likeness (QED) is 0.632. The molecule has 1 aromatic heterocycles. The van der Waals surface area contributed by atoms with Crippen LogP contribution in [0.3, 0.4) is 0 Å². The average molecular weight is 173 g/mol. The average Bonchev–Trinajstić information content (AvgIpc) is 2.30. The zero-order valence-corrected chi connectivity index (χ0v) is 7.17. The van der Waals surface area contributed by atoms with E-state index >= 15 is 0 Å². The van der Waals surface area contributed by atoms with Gasteiger partial charge in [0.05, 0.1) is 22.8 Å². The lowest BCUT2D eigenvalue weighted by Crippen LogP contribution is -2.03. The Balaban J connectivity index is 3.09. The molecule has 4 heteroatoms. The Morgan fingerprint density at radius 2 is 2.45 bits per heavy atom. The molecular formula is C7H9ClN2O. The highest BCUT2D eigenvalue weighted by atomic mass is 35.5. The molecule has 0 aliphatic carbocycles. The first-order chi connectivity index (χ1) is 5.16. The molecule has 0 N–H and O–H groups in total. The van der Waals surface area contributed by atoms with Gasteiger partial charge in [-0.25, -0.2) is 0 Å². The van der Waals surface area contributed by atoms with Gasteiger partial charge in [0.25, 0.3) is 0 Å². The fourth-order valence-corrected chi connectivity index (χ4v) is 1.33. The Labute approximate surface area is 70.0 Å². The number of halogens is 1. The molecule has 0 saturated carbocycles. The lowest BCUT2D eigenvalue weighted by Gasteiger charge is -2.03. The molecule has 1 rings (SSSR count). The largest absolute Gasteiger partial charge is 0.303 e. The van der Waals surface area contributed by atoms with Crippen LogP contribution in [0.15, 0.2) is 6.20 Å². The van der Waals surface area contributed by atoms with Gasteiger partial charge in [0.2, 0.25) is 0 Å². The third-order valence-corrected chi connectivity index (χ3v) is 1.86. The summed E-state index contributed by atoms with van der Waals surface area (Å²) in [5.41, 5.74) is 0.765. The molecule has 1 heterocycles. The first-order valence-electron chi connectivity index (χ1n) is 3.29. The number of nitrogens with zero attached hydrogens (tertiary/aromatic N) is 2. The van der Waals surface area contributed by atoms with E-state index in [0.29, 0.717) is 5.02 Å². The van der Waals surface area contributed by atoms with Crippen LogP contribution in [0.5, 0.6) is 0 Å². The van der Waals surface area contributed by atoms with Crippen LogP contribution in [0, 0.1) is 0 Å². The fraction of sp³-hybridized carbons (Fsp3) is 0.429. The number of aromatic nitrogens is 2. The Morgan fingerprint density at radius 1 is 1.82 bits per heavy atom. The molecule has 0 bridgehead atoms. The number of carbonyl (C=O) groups is 1. The molecule has 0 spiro atoms. The van der Waals surface area contributed by atoms with Crippen LogP contribution in [0.2, 0.25) is 5.02 Å². The van der Waals surface area contributed by atoms with Crippen molar-refractivity contribution in [1.29, 1.82) is 0 Å². The zero-order valence-electron chi connectivity index (χ0n) is 6.41. The Bertz CT molecular complexity index is 250. The standard InChI is InChI=1S/C7H9ClN2O/c1-5(4-11)7-6(8)3-9-10(7)2/h3-5H,1-2H3. The zero-order chi connectivity index (χ0) is 8.43. The van der Waals surface area contributed by atoms with Crippen molar-refractivity contribution in [3.63, 3.8) is 0 Å². The minimum Gasteiger partial charge on any atom is -0.303 e. The molecule has 1 atom stereocenters. The van der Waals surface area contributed by atoms with Gasteiger partial charge < -0.3 is 4.79 Å². The third-order valence-electron chi connectivity index (χ3n) is 1.57. The Hall–Kier alpha value is -0.830. The topological polar surface area (TPSA) is 34.9 Å². The highest BCUT2D eigenvalue weighted by molar-refractivity contribution is 6.31. The van der Waals surface area contributed by atoms with E-state index in [1.54, 1.807) is 18.7 Å². The molecule has 0 saturated heterocycles. The van der Waals surface area contributed by atoms with Gasteiger partial charge in [-0.2, -0.15) is 5.10 Å². The van der Waals surface area contributed by atoms with Crippen molar-refractivity contribution >= 4 is 17.9 Å². The van der Waals surface area contributed by atoms with Crippen LogP contribution < -0.4 is 0 Å². The minimum atomic E-state index is -0.185. The number of carbonyl (C=O) groups excluding carboxylic acids is 1. The summed E-state index contributed by atoms with van der Waals surface area (Å²) in [6.07, 6.45) is 2.39. The van der Waals surface area contributed by atoms with Crippen LogP contribution in [0.4, 0.5) is 0 Å². The maximum Gasteiger partial charge on any atom is 0.128 e. The van der Waals surface area contributed by atoms with E-state index in [1.807, 2.05) is 0 Å². The number of hydrogen-bond acceptors (Lipinski definition) is 2. The van der Waals surface area contributed by atoms with Gasteiger partial charge in [0.1, 0.15) is 6.29 Å². The first kappa shape index (κ1) is 8.27. The molecule has 1 unspecified atom stereocenters. The predicted octanol–water partition coefficient (Wildman–Crippen LogP) is 1.38. The molecule has 0 fully saturated rings. The molecular weight excluding hydrogens is 164 g/mol. The van der Waals surface area contributed by atoms with Crippen molar-refractivity contribution in [3.05, 3.63) is 16.9 Å². The van der Waals surface area contributed by atoms with Crippen molar-refractivity contribution in [1.82, 2.24) is 9.78 Å². The Kier molecular flexibility index (Phi) is 2.29. The van der Waals surface area contributed by atoms with Crippen LogP contribution in [-0.4, -0.2) is 16.1 Å². The number of aldehydes is 1. The molecule has 0 aliphatic rings. The van der Waals surface area contributed by atoms with Gasteiger partial charge in [-0.15, -0.1) is 0 Å². The molecule has 1 aromatic rings. The first-order valence-corrected chi connectivity index (χ1v) is 3.67. The van der Waals surface area contributed by atoms with Gasteiger partial charge in [-0.1, -0.05) is 18.5 Å². The van der Waals surface area contributed by atoms with E-state index in [1.165, 1.54) is 6.20 Å². The van der Waals surface area contributed by atoms with E-state index in [2.05, 4.69) is 5.10 Å². The van der Waals surface area contributed by atoms with E-state index in [0.717, 1.165) is 12.0 Å². The Morgan fingerprint density at radius 3 is 2.82 bits per heavy atom. The molecule has 0 aromatic carbocycles. The number of rotatable bonds is 2. The maximum atomic E-state index is 10.4. The minimum absolute atomic E-state index is 0.185. The second kappa shape index (κ2) is 3.05. The van der Waals surface area contributed by atoms with Crippen molar-refractivity contribution in [2.24, 2.45) is 7.05 Å². The van der Waals surface area contributed by atoms with Gasteiger partial charge in [0.15, 0.2) is 0 Å². The summed E-state index contributed by atoms with van der Waals surface area (Å²) >= 11 is 5.78. The van der Waals surface area contributed by atoms with E-state index in [9.17, 15) is 4.79 Å². The van der Waals surface area contributed by atoms with Crippen molar-refractivity contribution in [2.75, 3.05) is 0 Å². The van der Waals surface area contributed by atoms with Gasteiger partial charge in [-0.05, 0) is 0 Å². The van der Waals surface area contributed by atoms with E-state index < -0.39 is 0 Å². The SMILES string of the molecule is CC(C=O)c1c(Cl)cnn1C. The lowest BCUT2D eigenvalue weighted by molar-refractivity contribution is -0.108. The van der Waals surface area contributed by atoms with E-state index in [-0.39, 0.29) is 5.92 Å². The van der Waals surface area contributed by atoms with Gasteiger partial charge >= 0.3 is 0 Å². The molecule has 0 radical (unpaired) electrons. The van der Waals surface area contributed by atoms with Crippen LogP contribution in [0.25, 0.3) is 0 Å². The second-order valence-electron chi connectivity index (χ2n) is 2.43. The summed E-state index contributed by atoms with van der Waals surface area (Å²) in [4.78, 5) is 10.4. The molecule has 3 nitrogen and oxygen atoms in total. The smallest absolute Gasteiger partial charge is 0.128 e. The highest BCUT2D eigenvalue weighted by Crippen LogP contribution is 2.21. The normalized spacial score (nSPS) is 13.0. The predicted molar refractivity (Wildman–Crippen MR) is 42.7 cm³/mol. The monoisotopic (exact) mass is 172 g/mol. The van der Waals surface area contributed by atoms with E-state index in [4.69, 9.17) is 11.6 Å². The summed E-state index contributed by atoms with van der Waals surface area (Å²) in [5, 5.41) is 4.46. The number of aryl methyl sites for hydroxylation is 1. The summed E-state index contributed by atoms with van der Waals surface area (Å²) in [6, 6.07) is 0. The highest BCUT2D eigenvalue weighted by Gasteiger charge is 2.12. The molecule has 11 heavy (non-hydrogen) atoms. The lowest BCUT2D eigenvalue weighted by atomic mass is 10.1. The summed E-state index contributed by atoms with van der Waals surface area (Å²) < 4.78 is 1.61. The van der Waals surface area contributed by atoms with Crippen molar-refractivity contribution in [2.45, 2.75) is 12.8 Å². The van der Waals surface area contributed by atoms with Gasteiger partial charge in [-0.3, -0.25) is 4.68 Å². The van der Waals surface area contributed by atoms with Crippen LogP contribution in [0.1, 0.15) is 18.5 Å². The van der Waals surface area contributed by atoms with Gasteiger partial charge in [0, 0.05) is 7.05 Å². The maximum absolute atomic E-state index is 10.4. The summed E-state index contributed by atoms with van der Waals surface area (Å²) in [7, 11) is 1.77. The second-order valence-corrected chi connectivity index (χ2v) is 2.83. The van der Waals surface area contributed by atoms with Crippen molar-refractivity contribution < 1.29 is 4.79 Å². The number of hydrogen-bond donors (Lipinski definition) is 0. The van der Waals surface area contributed by atoms with Crippen LogP contribution in [-0.2, 0) is 11.8 Å². The molecule has 0 aliphatic heterocycles. The third kappa shape index (κ3) is 1.43. The van der Waals surface area contributed by atoms with Crippen LogP contribution >= 0.6 is 11.6 Å². The molecule has 60 valence electrons. The summed E-state index contributed by atoms with van der Waals surface area (Å²) in [5.74, 6) is -0.185. The fourth-order valence-electron chi connectivity index (χ4n) is 0.997. The van der Waals surface area contributed by atoms with Crippen molar-refractivity contribution in [3.8, 4) is 0 Å².